The van der Waals surface area contributed by atoms with Gasteiger partial charge in [-0.1, -0.05) is 18.2 Å². The quantitative estimate of drug-likeness (QED) is 0.853. The molecule has 0 aliphatic carbocycles. The fraction of sp³-hybridized carbons (Fsp3) is 0.250. The van der Waals surface area contributed by atoms with Gasteiger partial charge in [-0.25, -0.2) is 4.39 Å². The molecule has 1 aliphatic rings. The molecule has 0 unspecified atom stereocenters. The van der Waals surface area contributed by atoms with Crippen LogP contribution in [0.15, 0.2) is 42.5 Å². The number of benzene rings is 2. The fourth-order valence-electron chi connectivity index (χ4n) is 2.28. The van der Waals surface area contributed by atoms with E-state index in [0.717, 1.165) is 30.0 Å². The summed E-state index contributed by atoms with van der Waals surface area (Å²) in [6.45, 7) is 1.02. The van der Waals surface area contributed by atoms with Crippen molar-refractivity contribution in [1.82, 2.24) is 0 Å². The highest BCUT2D eigenvalue weighted by molar-refractivity contribution is 5.48. The lowest BCUT2D eigenvalue weighted by Gasteiger charge is -2.19. The molecule has 3 nitrogen and oxygen atoms in total. The van der Waals surface area contributed by atoms with Gasteiger partial charge >= 0.3 is 0 Å². The van der Waals surface area contributed by atoms with Gasteiger partial charge in [-0.15, -0.1) is 0 Å². The number of likely N-dealkylation sites (N-methyl/N-ethyl adjacent to an activating group) is 1. The lowest BCUT2D eigenvalue weighted by Crippen LogP contribution is -2.21. The monoisotopic (exact) mass is 273 g/mol. The van der Waals surface area contributed by atoms with E-state index in [1.54, 1.807) is 12.1 Å². The average Bonchev–Trinajstić information content (AvgIpc) is 2.92. The summed E-state index contributed by atoms with van der Waals surface area (Å²) in [6.07, 6.45) is 0.821. The summed E-state index contributed by atoms with van der Waals surface area (Å²) in [5, 5.41) is 0. The van der Waals surface area contributed by atoms with Crippen LogP contribution in [-0.4, -0.2) is 20.4 Å². The van der Waals surface area contributed by atoms with Crippen molar-refractivity contribution < 1.29 is 13.9 Å². The van der Waals surface area contributed by atoms with Crippen molar-refractivity contribution in [2.24, 2.45) is 0 Å². The Labute approximate surface area is 117 Å². The van der Waals surface area contributed by atoms with E-state index in [-0.39, 0.29) is 12.6 Å². The third-order valence-corrected chi connectivity index (χ3v) is 3.44. The maximum atomic E-state index is 13.7. The number of nitrogens with zero attached hydrogens (tertiary/aromatic N) is 1. The smallest absolute Gasteiger partial charge is 0.231 e. The van der Waals surface area contributed by atoms with Crippen molar-refractivity contribution in [3.8, 4) is 11.5 Å². The van der Waals surface area contributed by atoms with E-state index in [1.807, 2.05) is 36.2 Å². The Balaban J connectivity index is 1.66. The Hall–Kier alpha value is -2.23. The molecule has 0 bridgehead atoms. The molecule has 20 heavy (non-hydrogen) atoms. The molecule has 0 aromatic heterocycles. The van der Waals surface area contributed by atoms with Crippen LogP contribution in [0.2, 0.25) is 0 Å². The zero-order valence-corrected chi connectivity index (χ0v) is 11.3. The molecule has 1 heterocycles. The fourth-order valence-corrected chi connectivity index (χ4v) is 2.28. The summed E-state index contributed by atoms with van der Waals surface area (Å²) < 4.78 is 24.3. The number of rotatable bonds is 4. The van der Waals surface area contributed by atoms with Gasteiger partial charge in [-0.2, -0.15) is 0 Å². The second kappa shape index (κ2) is 5.41. The third-order valence-electron chi connectivity index (χ3n) is 3.44. The van der Waals surface area contributed by atoms with Crippen molar-refractivity contribution in [3.05, 3.63) is 53.8 Å². The van der Waals surface area contributed by atoms with E-state index in [4.69, 9.17) is 9.47 Å². The molecular weight excluding hydrogens is 257 g/mol. The number of hydrogen-bond donors (Lipinski definition) is 0. The van der Waals surface area contributed by atoms with Crippen molar-refractivity contribution in [2.75, 3.05) is 25.3 Å². The Morgan fingerprint density at radius 2 is 1.90 bits per heavy atom. The summed E-state index contributed by atoms with van der Waals surface area (Å²) >= 11 is 0. The summed E-state index contributed by atoms with van der Waals surface area (Å²) in [6, 6.07) is 12.7. The Kier molecular flexibility index (Phi) is 3.46. The first-order valence-corrected chi connectivity index (χ1v) is 6.58. The van der Waals surface area contributed by atoms with Gasteiger partial charge in [-0.3, -0.25) is 0 Å². The van der Waals surface area contributed by atoms with Gasteiger partial charge < -0.3 is 14.4 Å². The van der Waals surface area contributed by atoms with Crippen molar-refractivity contribution in [1.29, 1.82) is 0 Å². The molecule has 0 saturated heterocycles. The maximum Gasteiger partial charge on any atom is 0.231 e. The first-order chi connectivity index (χ1) is 9.74. The minimum atomic E-state index is -0.194. The SMILES string of the molecule is CN(CCc1ccc2c(c1)OCO2)c1ccccc1F. The van der Waals surface area contributed by atoms with Crippen LogP contribution < -0.4 is 14.4 Å². The molecule has 4 heteroatoms. The van der Waals surface area contributed by atoms with Crippen LogP contribution in [0.5, 0.6) is 11.5 Å². The van der Waals surface area contributed by atoms with E-state index in [9.17, 15) is 4.39 Å². The number of para-hydroxylation sites is 1. The Morgan fingerprint density at radius 3 is 2.75 bits per heavy atom. The summed E-state index contributed by atoms with van der Waals surface area (Å²) in [5.74, 6) is 1.38. The van der Waals surface area contributed by atoms with Crippen LogP contribution in [0, 0.1) is 5.82 Å². The molecule has 104 valence electrons. The number of hydrogen-bond acceptors (Lipinski definition) is 3. The zero-order chi connectivity index (χ0) is 13.9. The van der Waals surface area contributed by atoms with Gasteiger partial charge in [-0.05, 0) is 36.2 Å². The van der Waals surface area contributed by atoms with Crippen LogP contribution >= 0.6 is 0 Å². The largest absolute Gasteiger partial charge is 0.454 e. The number of halogens is 1. The van der Waals surface area contributed by atoms with Crippen LogP contribution in [0.25, 0.3) is 0 Å². The molecule has 0 spiro atoms. The highest BCUT2D eigenvalue weighted by atomic mass is 19.1. The van der Waals surface area contributed by atoms with Crippen LogP contribution in [0.3, 0.4) is 0 Å². The van der Waals surface area contributed by atoms with Crippen LogP contribution in [0.4, 0.5) is 10.1 Å². The lowest BCUT2D eigenvalue weighted by molar-refractivity contribution is 0.174. The Bertz CT molecular complexity index is 615. The van der Waals surface area contributed by atoms with Crippen molar-refractivity contribution in [2.45, 2.75) is 6.42 Å². The van der Waals surface area contributed by atoms with E-state index in [1.165, 1.54) is 6.07 Å². The van der Waals surface area contributed by atoms with E-state index >= 15 is 0 Å². The molecule has 0 atom stereocenters. The summed E-state index contributed by atoms with van der Waals surface area (Å²) in [4.78, 5) is 1.92. The second-order valence-corrected chi connectivity index (χ2v) is 4.81. The zero-order valence-electron chi connectivity index (χ0n) is 11.3. The van der Waals surface area contributed by atoms with E-state index in [0.29, 0.717) is 5.69 Å². The first kappa shape index (κ1) is 12.8. The summed E-state index contributed by atoms with van der Waals surface area (Å²) in [7, 11) is 1.89. The van der Waals surface area contributed by atoms with Crippen LogP contribution in [-0.2, 0) is 6.42 Å². The Morgan fingerprint density at radius 1 is 1.10 bits per heavy atom. The molecule has 0 radical (unpaired) electrons. The minimum Gasteiger partial charge on any atom is -0.454 e. The van der Waals surface area contributed by atoms with Gasteiger partial charge in [0.2, 0.25) is 6.79 Å². The topological polar surface area (TPSA) is 21.7 Å². The molecular formula is C16H16FNO2. The van der Waals surface area contributed by atoms with Gasteiger partial charge in [0.05, 0.1) is 5.69 Å². The first-order valence-electron chi connectivity index (χ1n) is 6.58. The van der Waals surface area contributed by atoms with Gasteiger partial charge in [0.1, 0.15) is 5.82 Å². The molecule has 0 fully saturated rings. The van der Waals surface area contributed by atoms with Crippen LogP contribution in [0.1, 0.15) is 5.56 Å². The predicted molar refractivity (Wildman–Crippen MR) is 75.9 cm³/mol. The predicted octanol–water partition coefficient (Wildman–Crippen LogP) is 3.23. The molecule has 0 amide bonds. The molecule has 3 rings (SSSR count). The second-order valence-electron chi connectivity index (χ2n) is 4.81. The molecule has 2 aromatic carbocycles. The maximum absolute atomic E-state index is 13.7. The highest BCUT2D eigenvalue weighted by Crippen LogP contribution is 2.32. The van der Waals surface area contributed by atoms with Gasteiger partial charge in [0, 0.05) is 13.6 Å². The van der Waals surface area contributed by atoms with Crippen molar-refractivity contribution >= 4 is 5.69 Å². The minimum absolute atomic E-state index is 0.194. The van der Waals surface area contributed by atoms with Gasteiger partial charge in [0.15, 0.2) is 11.5 Å². The molecule has 0 N–H and O–H groups in total. The van der Waals surface area contributed by atoms with E-state index in [2.05, 4.69) is 0 Å². The molecule has 1 aliphatic heterocycles. The number of anilines is 1. The van der Waals surface area contributed by atoms with Gasteiger partial charge in [0.25, 0.3) is 0 Å². The normalized spacial score (nSPS) is 12.5. The number of fused-ring (bicyclic) bond motifs is 1. The molecule has 2 aromatic rings. The highest BCUT2D eigenvalue weighted by Gasteiger charge is 2.13. The average molecular weight is 273 g/mol. The molecule has 0 saturated carbocycles. The summed E-state index contributed by atoms with van der Waals surface area (Å²) in [5.41, 5.74) is 1.77. The standard InChI is InChI=1S/C16H16FNO2/c1-18(14-5-3-2-4-13(14)17)9-8-12-6-7-15-16(10-12)20-11-19-15/h2-7,10H,8-9,11H2,1H3. The van der Waals surface area contributed by atoms with Crippen molar-refractivity contribution in [3.63, 3.8) is 0 Å². The van der Waals surface area contributed by atoms with E-state index < -0.39 is 0 Å². The number of ether oxygens (including phenoxy) is 2. The lowest BCUT2D eigenvalue weighted by atomic mass is 10.1. The third kappa shape index (κ3) is 2.54.